The Hall–Kier alpha value is -0.790. The van der Waals surface area contributed by atoms with Gasteiger partial charge in [0.2, 0.25) is 0 Å². The molecule has 3 radical (unpaired) electrons. The van der Waals surface area contributed by atoms with Gasteiger partial charge in [0.1, 0.15) is 0 Å². The largest absolute Gasteiger partial charge is 0.285 e. The van der Waals surface area contributed by atoms with Crippen LogP contribution in [0.2, 0.25) is 0 Å². The second-order valence-electron chi connectivity index (χ2n) is 0.959. The van der Waals surface area contributed by atoms with E-state index in [2.05, 4.69) is 10.2 Å². The lowest BCUT2D eigenvalue weighted by molar-refractivity contribution is 1.07. The van der Waals surface area contributed by atoms with Gasteiger partial charge in [-0.3, -0.25) is 5.10 Å². The summed E-state index contributed by atoms with van der Waals surface area (Å²) in [6, 6.07) is 1.58. The molecular weight excluding hydrogens is 76.1 g/mol. The summed E-state index contributed by atoms with van der Waals surface area (Å²) < 4.78 is 0. The average molecular weight is 79.1 g/mol. The van der Waals surface area contributed by atoms with Gasteiger partial charge in [0.05, 0.1) is 12.6 Å². The summed E-state index contributed by atoms with van der Waals surface area (Å²) in [7, 11) is 0. The first-order valence-corrected chi connectivity index (χ1v) is 1.61. The summed E-state index contributed by atoms with van der Waals surface area (Å²) in [6.45, 7) is 6.73. The molecule has 1 rings (SSSR count). The van der Waals surface area contributed by atoms with Crippen LogP contribution in [0.1, 0.15) is 5.69 Å². The van der Waals surface area contributed by atoms with Gasteiger partial charge in [-0.25, -0.2) is 0 Å². The van der Waals surface area contributed by atoms with Crippen molar-refractivity contribution in [1.82, 2.24) is 10.2 Å². The number of aromatic nitrogens is 2. The molecule has 0 aliphatic carbocycles. The van der Waals surface area contributed by atoms with Gasteiger partial charge in [-0.1, -0.05) is 0 Å². The van der Waals surface area contributed by atoms with Crippen LogP contribution in [-0.2, 0) is 0 Å². The lowest BCUT2D eigenvalue weighted by atomic mass is 10.5. The molecule has 1 N–H and O–H groups in total. The zero-order valence-electron chi connectivity index (χ0n) is 3.10. The van der Waals surface area contributed by atoms with Gasteiger partial charge in [-0.2, -0.15) is 5.10 Å². The van der Waals surface area contributed by atoms with Crippen LogP contribution in [0.15, 0.2) is 12.3 Å². The minimum Gasteiger partial charge on any atom is -0.285 e. The van der Waals surface area contributed by atoms with E-state index in [4.69, 9.17) is 6.92 Å². The average Bonchev–Trinajstić information content (AvgIpc) is 1.86. The summed E-state index contributed by atoms with van der Waals surface area (Å²) in [4.78, 5) is 0. The van der Waals surface area contributed by atoms with E-state index in [-0.39, 0.29) is 5.69 Å². The normalized spacial score (nSPS) is 8.83. The minimum absolute atomic E-state index is 0.287. The van der Waals surface area contributed by atoms with E-state index in [0.717, 1.165) is 0 Å². The van der Waals surface area contributed by atoms with Crippen LogP contribution in [0.4, 0.5) is 0 Å². The van der Waals surface area contributed by atoms with Crippen molar-refractivity contribution in [3.63, 3.8) is 0 Å². The van der Waals surface area contributed by atoms with Gasteiger partial charge in [0, 0.05) is 6.20 Å². The van der Waals surface area contributed by atoms with Crippen molar-refractivity contribution in [2.45, 2.75) is 0 Å². The quantitative estimate of drug-likeness (QED) is 0.477. The fraction of sp³-hybridized carbons (Fsp3) is 0. The molecule has 2 heteroatoms. The Labute approximate surface area is 36.2 Å². The Morgan fingerprint density at radius 1 is 1.83 bits per heavy atom. The molecule has 1 aromatic rings. The fourth-order valence-corrected chi connectivity index (χ4v) is 0.260. The number of aromatic amines is 1. The molecule has 0 spiro atoms. The van der Waals surface area contributed by atoms with Gasteiger partial charge in [-0.15, -0.1) is 0 Å². The second-order valence-corrected chi connectivity index (χ2v) is 0.959. The first kappa shape index (κ1) is 3.40. The van der Waals surface area contributed by atoms with Gasteiger partial charge >= 0.3 is 0 Å². The smallest absolute Gasteiger partial charge is 0.0714 e. The lowest BCUT2D eigenvalue weighted by Gasteiger charge is -1.63. The number of nitrogens with zero attached hydrogens (tertiary/aromatic N) is 1. The van der Waals surface area contributed by atoms with Gasteiger partial charge in [0.25, 0.3) is 0 Å². The van der Waals surface area contributed by atoms with Gasteiger partial charge in [-0.05, 0) is 6.07 Å². The van der Waals surface area contributed by atoms with Crippen molar-refractivity contribution in [2.24, 2.45) is 0 Å². The van der Waals surface area contributed by atoms with E-state index in [1.54, 1.807) is 12.3 Å². The molecule has 0 atom stereocenters. The molecule has 1 heterocycles. The topological polar surface area (TPSA) is 28.7 Å². The van der Waals surface area contributed by atoms with E-state index in [0.29, 0.717) is 0 Å². The molecule has 6 heavy (non-hydrogen) atoms. The molecule has 0 amide bonds. The first-order valence-electron chi connectivity index (χ1n) is 1.61. The standard InChI is InChI=1S/C4H3N2/c1-4-2-3-5-6-4/h2-3H,(H,5,6). The maximum absolute atomic E-state index is 6.73. The molecule has 29 valence electrons. The Balaban J connectivity index is 3.05. The Bertz CT molecular complexity index is 109. The number of nitrogens with one attached hydrogen (secondary N) is 1. The molecule has 0 aliphatic heterocycles. The molecule has 0 aromatic carbocycles. The van der Waals surface area contributed by atoms with E-state index in [9.17, 15) is 0 Å². The minimum atomic E-state index is 0.287. The van der Waals surface area contributed by atoms with Crippen LogP contribution in [0.25, 0.3) is 0 Å². The maximum atomic E-state index is 6.73. The highest BCUT2D eigenvalue weighted by Crippen LogP contribution is 1.82. The van der Waals surface area contributed by atoms with E-state index in [1.807, 2.05) is 0 Å². The predicted molar refractivity (Wildman–Crippen MR) is 20.9 cm³/mol. The molecule has 0 unspecified atom stereocenters. The maximum Gasteiger partial charge on any atom is 0.0714 e. The first-order chi connectivity index (χ1) is 2.89. The van der Waals surface area contributed by atoms with Crippen LogP contribution in [0.5, 0.6) is 0 Å². The summed E-state index contributed by atoms with van der Waals surface area (Å²) in [5, 5.41) is 5.95. The van der Waals surface area contributed by atoms with E-state index < -0.39 is 0 Å². The Kier molecular flexibility index (Phi) is 0.638. The van der Waals surface area contributed by atoms with Crippen molar-refractivity contribution in [3.8, 4) is 0 Å². The number of H-pyrrole nitrogens is 1. The van der Waals surface area contributed by atoms with Crippen LogP contribution in [-0.4, -0.2) is 10.2 Å². The van der Waals surface area contributed by atoms with Crippen LogP contribution in [0.3, 0.4) is 0 Å². The molecule has 0 bridgehead atoms. The number of rotatable bonds is 0. The summed E-state index contributed by atoms with van der Waals surface area (Å²) >= 11 is 0. The highest BCUT2D eigenvalue weighted by Gasteiger charge is 1.76. The molecule has 2 nitrogen and oxygen atoms in total. The van der Waals surface area contributed by atoms with Gasteiger partial charge in [0.15, 0.2) is 0 Å². The predicted octanol–water partition coefficient (Wildman–Crippen LogP) is 0.346. The third-order valence-corrected chi connectivity index (χ3v) is 0.501. The fourth-order valence-electron chi connectivity index (χ4n) is 0.260. The molecule has 0 fully saturated rings. The molecule has 0 saturated heterocycles. The van der Waals surface area contributed by atoms with Crippen LogP contribution in [0, 0.1) is 6.92 Å². The van der Waals surface area contributed by atoms with Gasteiger partial charge < -0.3 is 0 Å². The third kappa shape index (κ3) is 0.407. The van der Waals surface area contributed by atoms with E-state index >= 15 is 0 Å². The lowest BCUT2D eigenvalue weighted by Crippen LogP contribution is -1.65. The molecular formula is C4H3N2. The molecule has 0 saturated carbocycles. The SMILES string of the molecule is [C]c1cc[nH]n1. The molecule has 1 aromatic heterocycles. The highest BCUT2D eigenvalue weighted by molar-refractivity contribution is 4.99. The Morgan fingerprint density at radius 2 is 2.67 bits per heavy atom. The van der Waals surface area contributed by atoms with E-state index in [1.165, 1.54) is 0 Å². The van der Waals surface area contributed by atoms with Crippen molar-refractivity contribution < 1.29 is 0 Å². The number of hydrogen-bond acceptors (Lipinski definition) is 1. The number of hydrogen-bond donors (Lipinski definition) is 1. The van der Waals surface area contributed by atoms with Crippen LogP contribution >= 0.6 is 0 Å². The summed E-state index contributed by atoms with van der Waals surface area (Å²) in [5.74, 6) is 0. The summed E-state index contributed by atoms with van der Waals surface area (Å²) in [6.07, 6.45) is 1.61. The monoisotopic (exact) mass is 79.0 g/mol. The summed E-state index contributed by atoms with van der Waals surface area (Å²) in [5.41, 5.74) is 0.287. The van der Waals surface area contributed by atoms with Crippen molar-refractivity contribution in [3.05, 3.63) is 24.9 Å². The Morgan fingerprint density at radius 3 is 2.83 bits per heavy atom. The molecule has 0 aliphatic rings. The zero-order valence-corrected chi connectivity index (χ0v) is 3.10. The van der Waals surface area contributed by atoms with Crippen molar-refractivity contribution in [1.29, 1.82) is 0 Å². The van der Waals surface area contributed by atoms with Crippen molar-refractivity contribution >= 4 is 0 Å². The third-order valence-electron chi connectivity index (χ3n) is 0.501. The second kappa shape index (κ2) is 1.12. The van der Waals surface area contributed by atoms with Crippen molar-refractivity contribution in [2.75, 3.05) is 0 Å². The van der Waals surface area contributed by atoms with Crippen LogP contribution < -0.4 is 0 Å². The zero-order chi connectivity index (χ0) is 4.41. The highest BCUT2D eigenvalue weighted by atomic mass is 15.1.